The molecule has 0 amide bonds. The van der Waals surface area contributed by atoms with Crippen LogP contribution in [0.3, 0.4) is 0 Å². The van der Waals surface area contributed by atoms with E-state index < -0.39 is 0 Å². The quantitative estimate of drug-likeness (QED) is 0.894. The van der Waals surface area contributed by atoms with Crippen molar-refractivity contribution < 1.29 is 4.74 Å². The van der Waals surface area contributed by atoms with Gasteiger partial charge in [-0.15, -0.1) is 0 Å². The van der Waals surface area contributed by atoms with E-state index in [0.717, 1.165) is 38.1 Å². The summed E-state index contributed by atoms with van der Waals surface area (Å²) in [5.74, 6) is 0.681. The van der Waals surface area contributed by atoms with Crippen LogP contribution in [0.25, 0.3) is 5.65 Å². The zero-order valence-electron chi connectivity index (χ0n) is 10.7. The van der Waals surface area contributed by atoms with Crippen LogP contribution >= 0.6 is 0 Å². The average molecular weight is 256 g/mol. The molecule has 98 valence electrons. The summed E-state index contributed by atoms with van der Waals surface area (Å²) < 4.78 is 7.26. The smallest absolute Gasteiger partial charge is 0.168 e. The van der Waals surface area contributed by atoms with Crippen LogP contribution in [0.4, 0.5) is 5.82 Å². The van der Waals surface area contributed by atoms with E-state index in [4.69, 9.17) is 4.74 Å². The Balaban J connectivity index is 1.89. The predicted octanol–water partition coefficient (Wildman–Crippen LogP) is 2.19. The van der Waals surface area contributed by atoms with Crippen molar-refractivity contribution >= 4 is 11.5 Å². The molecule has 1 N–H and O–H groups in total. The molecule has 1 aliphatic heterocycles. The van der Waals surface area contributed by atoms with Crippen LogP contribution in [0.1, 0.15) is 25.0 Å². The summed E-state index contributed by atoms with van der Waals surface area (Å²) in [6.45, 7) is 1.60. The summed E-state index contributed by atoms with van der Waals surface area (Å²) in [4.78, 5) is 4.50. The van der Waals surface area contributed by atoms with Gasteiger partial charge in [-0.2, -0.15) is 5.26 Å². The van der Waals surface area contributed by atoms with E-state index in [0.29, 0.717) is 17.6 Å². The molecule has 5 nitrogen and oxygen atoms in total. The van der Waals surface area contributed by atoms with E-state index in [1.807, 2.05) is 28.8 Å². The molecular weight excluding hydrogens is 240 g/mol. The molecule has 2 aromatic heterocycles. The molecule has 1 unspecified atom stereocenters. The number of ether oxygens (including phenoxy) is 1. The summed E-state index contributed by atoms with van der Waals surface area (Å²) in [5, 5.41) is 12.7. The molecular formula is C14H16N4O. The molecule has 3 rings (SSSR count). The largest absolute Gasteiger partial charge is 0.381 e. The maximum absolute atomic E-state index is 9.31. The predicted molar refractivity (Wildman–Crippen MR) is 72.0 cm³/mol. The van der Waals surface area contributed by atoms with Crippen LogP contribution in [0.2, 0.25) is 0 Å². The lowest BCUT2D eigenvalue weighted by atomic mass is 10.1. The van der Waals surface area contributed by atoms with Gasteiger partial charge in [0.2, 0.25) is 0 Å². The van der Waals surface area contributed by atoms with Gasteiger partial charge in [-0.25, -0.2) is 4.98 Å². The summed E-state index contributed by atoms with van der Waals surface area (Å²) >= 11 is 0. The highest BCUT2D eigenvalue weighted by molar-refractivity contribution is 5.59. The number of pyridine rings is 1. The topological polar surface area (TPSA) is 62.3 Å². The van der Waals surface area contributed by atoms with Crippen molar-refractivity contribution in [3.8, 4) is 6.07 Å². The maximum Gasteiger partial charge on any atom is 0.168 e. The summed E-state index contributed by atoms with van der Waals surface area (Å²) in [5.41, 5.74) is 1.37. The number of hydrogen-bond donors (Lipinski definition) is 1. The van der Waals surface area contributed by atoms with Gasteiger partial charge in [-0.05, 0) is 31.4 Å². The van der Waals surface area contributed by atoms with Crippen LogP contribution in [-0.4, -0.2) is 28.6 Å². The molecule has 19 heavy (non-hydrogen) atoms. The Morgan fingerprint density at radius 3 is 3.21 bits per heavy atom. The van der Waals surface area contributed by atoms with Crippen molar-refractivity contribution in [2.75, 3.05) is 18.5 Å². The normalized spacial score (nSPS) is 19.8. The number of fused-ring (bicyclic) bond motifs is 1. The Morgan fingerprint density at radius 1 is 1.37 bits per heavy atom. The number of nitriles is 1. The fourth-order valence-corrected chi connectivity index (χ4v) is 2.44. The lowest BCUT2D eigenvalue weighted by molar-refractivity contribution is 0.144. The standard InChI is InChI=1S/C14H16N4O/c15-10-12-14(16-11-4-3-8-19-9-6-11)17-13-5-1-2-7-18(12)13/h1-2,5,7,11,16H,3-4,6,8-9H2. The van der Waals surface area contributed by atoms with Crippen LogP contribution in [0.15, 0.2) is 24.4 Å². The molecule has 1 atom stereocenters. The Morgan fingerprint density at radius 2 is 2.32 bits per heavy atom. The highest BCUT2D eigenvalue weighted by atomic mass is 16.5. The average Bonchev–Trinajstić information content (AvgIpc) is 2.60. The lowest BCUT2D eigenvalue weighted by Crippen LogP contribution is -2.20. The van der Waals surface area contributed by atoms with Crippen LogP contribution in [0.5, 0.6) is 0 Å². The first-order valence-corrected chi connectivity index (χ1v) is 6.60. The van der Waals surface area contributed by atoms with Crippen LogP contribution in [-0.2, 0) is 4.74 Å². The van der Waals surface area contributed by atoms with Crippen LogP contribution in [0, 0.1) is 11.3 Å². The van der Waals surface area contributed by atoms with Gasteiger partial charge in [0.1, 0.15) is 11.7 Å². The van der Waals surface area contributed by atoms with Gasteiger partial charge in [0.15, 0.2) is 11.5 Å². The van der Waals surface area contributed by atoms with E-state index in [-0.39, 0.29) is 0 Å². The van der Waals surface area contributed by atoms with Crippen molar-refractivity contribution in [2.24, 2.45) is 0 Å². The highest BCUT2D eigenvalue weighted by Gasteiger charge is 2.17. The van der Waals surface area contributed by atoms with Crippen molar-refractivity contribution in [1.29, 1.82) is 5.26 Å². The lowest BCUT2D eigenvalue weighted by Gasteiger charge is -2.14. The summed E-state index contributed by atoms with van der Waals surface area (Å²) in [6.07, 6.45) is 4.92. The third kappa shape index (κ3) is 2.40. The molecule has 0 spiro atoms. The zero-order valence-corrected chi connectivity index (χ0v) is 10.7. The molecule has 0 bridgehead atoms. The Labute approximate surface area is 111 Å². The van der Waals surface area contributed by atoms with E-state index >= 15 is 0 Å². The van der Waals surface area contributed by atoms with Gasteiger partial charge in [-0.3, -0.25) is 4.40 Å². The Hall–Kier alpha value is -2.06. The third-order valence-corrected chi connectivity index (χ3v) is 3.43. The van der Waals surface area contributed by atoms with Crippen molar-refractivity contribution in [2.45, 2.75) is 25.3 Å². The number of hydrogen-bond acceptors (Lipinski definition) is 4. The second-order valence-corrected chi connectivity index (χ2v) is 4.73. The maximum atomic E-state index is 9.31. The minimum Gasteiger partial charge on any atom is -0.381 e. The van der Waals surface area contributed by atoms with Crippen molar-refractivity contribution in [3.63, 3.8) is 0 Å². The van der Waals surface area contributed by atoms with E-state index in [2.05, 4.69) is 16.4 Å². The SMILES string of the molecule is N#Cc1c(NC2CCCOCC2)nc2ccccn12. The van der Waals surface area contributed by atoms with E-state index in [9.17, 15) is 5.26 Å². The van der Waals surface area contributed by atoms with Gasteiger partial charge >= 0.3 is 0 Å². The minimum absolute atomic E-state index is 0.333. The molecule has 3 heterocycles. The van der Waals surface area contributed by atoms with Gasteiger partial charge in [0.05, 0.1) is 0 Å². The molecule has 1 saturated heterocycles. The fraction of sp³-hybridized carbons (Fsp3) is 0.429. The number of rotatable bonds is 2. The van der Waals surface area contributed by atoms with Crippen molar-refractivity contribution in [3.05, 3.63) is 30.1 Å². The number of imidazole rings is 1. The van der Waals surface area contributed by atoms with Gasteiger partial charge in [0, 0.05) is 25.5 Å². The second-order valence-electron chi connectivity index (χ2n) is 4.73. The Bertz CT molecular complexity index is 605. The summed E-state index contributed by atoms with van der Waals surface area (Å²) in [7, 11) is 0. The summed E-state index contributed by atoms with van der Waals surface area (Å²) in [6, 6.07) is 8.29. The van der Waals surface area contributed by atoms with Crippen LogP contribution < -0.4 is 5.32 Å². The van der Waals surface area contributed by atoms with E-state index in [1.54, 1.807) is 0 Å². The minimum atomic E-state index is 0.333. The molecule has 5 heteroatoms. The van der Waals surface area contributed by atoms with E-state index in [1.165, 1.54) is 0 Å². The zero-order chi connectivity index (χ0) is 13.1. The highest BCUT2D eigenvalue weighted by Crippen LogP contribution is 2.20. The monoisotopic (exact) mass is 256 g/mol. The molecule has 2 aromatic rings. The molecule has 0 radical (unpaired) electrons. The van der Waals surface area contributed by atoms with Gasteiger partial charge in [0.25, 0.3) is 0 Å². The Kier molecular flexibility index (Phi) is 3.34. The molecule has 1 fully saturated rings. The van der Waals surface area contributed by atoms with Gasteiger partial charge < -0.3 is 10.1 Å². The first-order valence-electron chi connectivity index (χ1n) is 6.60. The molecule has 1 aliphatic rings. The number of nitrogens with one attached hydrogen (secondary N) is 1. The second kappa shape index (κ2) is 5.29. The molecule has 0 aromatic carbocycles. The fourth-order valence-electron chi connectivity index (χ4n) is 2.44. The molecule has 0 aliphatic carbocycles. The first-order chi connectivity index (χ1) is 9.38. The number of aromatic nitrogens is 2. The van der Waals surface area contributed by atoms with Crippen molar-refractivity contribution in [1.82, 2.24) is 9.38 Å². The van der Waals surface area contributed by atoms with Gasteiger partial charge in [-0.1, -0.05) is 6.07 Å². The first kappa shape index (κ1) is 12.0. The third-order valence-electron chi connectivity index (χ3n) is 3.43. The molecule has 0 saturated carbocycles. The number of nitrogens with zero attached hydrogens (tertiary/aromatic N) is 3. The number of anilines is 1.